The van der Waals surface area contributed by atoms with Crippen LogP contribution in [-0.4, -0.2) is 29.6 Å². The number of ether oxygens (including phenoxy) is 1. The summed E-state index contributed by atoms with van der Waals surface area (Å²) in [4.78, 5) is 23.1. The van der Waals surface area contributed by atoms with E-state index >= 15 is 0 Å². The summed E-state index contributed by atoms with van der Waals surface area (Å²) >= 11 is 0. The smallest absolute Gasteiger partial charge is 0.334 e. The number of aliphatic hydroxyl groups excluding tert-OH is 1. The first-order valence-corrected chi connectivity index (χ1v) is 7.02. The molecule has 0 amide bonds. The summed E-state index contributed by atoms with van der Waals surface area (Å²) in [6.45, 7) is 5.86. The van der Waals surface area contributed by atoms with Gasteiger partial charge in [-0.25, -0.2) is 4.79 Å². The van der Waals surface area contributed by atoms with Crippen LogP contribution >= 0.6 is 0 Å². The van der Waals surface area contributed by atoms with Crippen LogP contribution in [0.1, 0.15) is 32.6 Å². The highest BCUT2D eigenvalue weighted by molar-refractivity contribution is 5.91. The summed E-state index contributed by atoms with van der Waals surface area (Å²) in [7, 11) is 0. The molecule has 2 saturated carbocycles. The van der Waals surface area contributed by atoms with E-state index in [0.29, 0.717) is 18.4 Å². The van der Waals surface area contributed by atoms with Gasteiger partial charge in [0.25, 0.3) is 0 Å². The van der Waals surface area contributed by atoms with E-state index in [-0.39, 0.29) is 35.2 Å². The molecular formula is C15H20O4. The van der Waals surface area contributed by atoms with Gasteiger partial charge in [0.15, 0.2) is 0 Å². The van der Waals surface area contributed by atoms with E-state index in [0.717, 1.165) is 19.1 Å². The predicted octanol–water partition coefficient (Wildman–Crippen LogP) is 1.47. The highest BCUT2D eigenvalue weighted by Crippen LogP contribution is 2.57. The lowest BCUT2D eigenvalue weighted by Crippen LogP contribution is -2.56. The second-order valence-corrected chi connectivity index (χ2v) is 6.47. The largest absolute Gasteiger partial charge is 0.458 e. The zero-order valence-electron chi connectivity index (χ0n) is 11.2. The van der Waals surface area contributed by atoms with Crippen LogP contribution in [0.5, 0.6) is 0 Å². The van der Waals surface area contributed by atoms with Gasteiger partial charge in [-0.05, 0) is 25.7 Å². The van der Waals surface area contributed by atoms with Crippen molar-refractivity contribution in [1.82, 2.24) is 0 Å². The number of aldehydes is 1. The van der Waals surface area contributed by atoms with Crippen molar-refractivity contribution in [1.29, 1.82) is 0 Å². The van der Waals surface area contributed by atoms with E-state index in [2.05, 4.69) is 6.58 Å². The molecule has 0 bridgehead atoms. The highest BCUT2D eigenvalue weighted by atomic mass is 16.6. The van der Waals surface area contributed by atoms with Crippen LogP contribution < -0.4 is 0 Å². The molecule has 3 fully saturated rings. The Bertz CT molecular complexity index is 443. The standard InChI is InChI=1S/C15H20O4/c1-8-10-5-6-15(2)11(17)4-3-9(7-16)12(15)13(10)19-14(8)18/h7,9-13,17H,1,3-6H2,2H3/t9-,10-,11+,12+,13-,15-/m0/s1. The van der Waals surface area contributed by atoms with Gasteiger partial charge in [-0.1, -0.05) is 13.5 Å². The van der Waals surface area contributed by atoms with Crippen molar-refractivity contribution in [3.8, 4) is 0 Å². The summed E-state index contributed by atoms with van der Waals surface area (Å²) in [6, 6.07) is 0. The second-order valence-electron chi connectivity index (χ2n) is 6.47. The third-order valence-corrected chi connectivity index (χ3v) is 5.63. The Balaban J connectivity index is 2.00. The zero-order valence-corrected chi connectivity index (χ0v) is 11.2. The number of carbonyl (C=O) groups excluding carboxylic acids is 2. The van der Waals surface area contributed by atoms with Crippen LogP contribution in [0.4, 0.5) is 0 Å². The summed E-state index contributed by atoms with van der Waals surface area (Å²) in [5.74, 6) is -0.502. The van der Waals surface area contributed by atoms with Gasteiger partial charge >= 0.3 is 5.97 Å². The molecule has 0 spiro atoms. The van der Waals surface area contributed by atoms with E-state index in [1.54, 1.807) is 0 Å². The number of aliphatic hydroxyl groups is 1. The Hall–Kier alpha value is -1.16. The number of hydrogen-bond donors (Lipinski definition) is 1. The molecule has 4 heteroatoms. The lowest BCUT2D eigenvalue weighted by Gasteiger charge is -2.53. The normalized spacial score (nSPS) is 49.3. The summed E-state index contributed by atoms with van der Waals surface area (Å²) in [5.41, 5.74) is 0.215. The molecule has 6 atom stereocenters. The first kappa shape index (κ1) is 12.9. The zero-order chi connectivity index (χ0) is 13.8. The minimum atomic E-state index is -0.415. The molecular weight excluding hydrogens is 244 g/mol. The molecule has 1 saturated heterocycles. The maximum atomic E-state index is 11.7. The Kier molecular flexibility index (Phi) is 2.82. The van der Waals surface area contributed by atoms with Gasteiger partial charge in [-0.3, -0.25) is 0 Å². The molecule has 4 nitrogen and oxygen atoms in total. The fourth-order valence-corrected chi connectivity index (χ4v) is 4.44. The van der Waals surface area contributed by atoms with Gasteiger partial charge in [0, 0.05) is 28.7 Å². The van der Waals surface area contributed by atoms with Crippen LogP contribution in [0.3, 0.4) is 0 Å². The van der Waals surface area contributed by atoms with Crippen molar-refractivity contribution in [3.63, 3.8) is 0 Å². The van der Waals surface area contributed by atoms with E-state index in [1.165, 1.54) is 0 Å². The topological polar surface area (TPSA) is 63.6 Å². The Morgan fingerprint density at radius 1 is 1.42 bits per heavy atom. The number of rotatable bonds is 1. The minimum absolute atomic E-state index is 0.0262. The van der Waals surface area contributed by atoms with E-state index < -0.39 is 6.10 Å². The Morgan fingerprint density at radius 3 is 2.84 bits per heavy atom. The van der Waals surface area contributed by atoms with Crippen molar-refractivity contribution >= 4 is 12.3 Å². The lowest BCUT2D eigenvalue weighted by molar-refractivity contribution is -0.169. The van der Waals surface area contributed by atoms with Crippen LogP contribution in [0.2, 0.25) is 0 Å². The number of carbonyl (C=O) groups is 2. The molecule has 0 aromatic rings. The fraction of sp³-hybridized carbons (Fsp3) is 0.733. The van der Waals surface area contributed by atoms with Crippen LogP contribution in [0, 0.1) is 23.2 Å². The quantitative estimate of drug-likeness (QED) is 0.442. The van der Waals surface area contributed by atoms with Crippen LogP contribution in [-0.2, 0) is 14.3 Å². The van der Waals surface area contributed by atoms with E-state index in [4.69, 9.17) is 4.74 Å². The molecule has 1 heterocycles. The van der Waals surface area contributed by atoms with Crippen LogP contribution in [0.15, 0.2) is 12.2 Å². The molecule has 0 aromatic heterocycles. The Labute approximate surface area is 112 Å². The fourth-order valence-electron chi connectivity index (χ4n) is 4.44. The monoisotopic (exact) mass is 264 g/mol. The van der Waals surface area contributed by atoms with Gasteiger partial charge in [-0.15, -0.1) is 0 Å². The number of fused-ring (bicyclic) bond motifs is 3. The molecule has 2 aliphatic carbocycles. The van der Waals surface area contributed by atoms with Gasteiger partial charge in [0.1, 0.15) is 12.4 Å². The van der Waals surface area contributed by atoms with Crippen LogP contribution in [0.25, 0.3) is 0 Å². The molecule has 19 heavy (non-hydrogen) atoms. The van der Waals surface area contributed by atoms with Gasteiger partial charge < -0.3 is 14.6 Å². The Morgan fingerprint density at radius 2 is 2.16 bits per heavy atom. The number of hydrogen-bond acceptors (Lipinski definition) is 4. The lowest BCUT2D eigenvalue weighted by atomic mass is 9.52. The summed E-state index contributed by atoms with van der Waals surface area (Å²) in [5, 5.41) is 10.3. The summed E-state index contributed by atoms with van der Waals surface area (Å²) in [6.07, 6.45) is 3.25. The molecule has 1 aliphatic heterocycles. The summed E-state index contributed by atoms with van der Waals surface area (Å²) < 4.78 is 5.48. The predicted molar refractivity (Wildman–Crippen MR) is 68.1 cm³/mol. The van der Waals surface area contributed by atoms with E-state index in [9.17, 15) is 14.7 Å². The van der Waals surface area contributed by atoms with Gasteiger partial charge in [-0.2, -0.15) is 0 Å². The van der Waals surface area contributed by atoms with Crippen molar-refractivity contribution in [3.05, 3.63) is 12.2 Å². The van der Waals surface area contributed by atoms with Crippen molar-refractivity contribution < 1.29 is 19.4 Å². The first-order chi connectivity index (χ1) is 8.99. The van der Waals surface area contributed by atoms with Crippen molar-refractivity contribution in [2.45, 2.75) is 44.8 Å². The molecule has 104 valence electrons. The SMILES string of the molecule is C=C1C(=O)O[C@@H]2[C@H]3[C@H](C=O)CC[C@@H](O)[C@]3(C)CC[C@@H]12. The van der Waals surface area contributed by atoms with Gasteiger partial charge in [0.2, 0.25) is 0 Å². The van der Waals surface area contributed by atoms with E-state index in [1.807, 2.05) is 6.92 Å². The molecule has 0 aromatic carbocycles. The molecule has 3 rings (SSSR count). The number of esters is 1. The van der Waals surface area contributed by atoms with Crippen molar-refractivity contribution in [2.75, 3.05) is 0 Å². The molecule has 0 radical (unpaired) electrons. The second kappa shape index (κ2) is 4.17. The first-order valence-electron chi connectivity index (χ1n) is 7.02. The average molecular weight is 264 g/mol. The molecule has 3 aliphatic rings. The maximum absolute atomic E-state index is 11.7. The molecule has 1 N–H and O–H groups in total. The third-order valence-electron chi connectivity index (χ3n) is 5.63. The maximum Gasteiger partial charge on any atom is 0.334 e. The highest BCUT2D eigenvalue weighted by Gasteiger charge is 2.59. The average Bonchev–Trinajstić information content (AvgIpc) is 2.67. The third kappa shape index (κ3) is 1.62. The minimum Gasteiger partial charge on any atom is -0.458 e. The van der Waals surface area contributed by atoms with Gasteiger partial charge in [0.05, 0.1) is 6.10 Å². The van der Waals surface area contributed by atoms with Crippen molar-refractivity contribution in [2.24, 2.45) is 23.2 Å². The molecule has 0 unspecified atom stereocenters.